The van der Waals surface area contributed by atoms with Gasteiger partial charge in [-0.05, 0) is 19.1 Å². The van der Waals surface area contributed by atoms with Gasteiger partial charge in [-0.15, -0.1) is 0 Å². The number of nitrogens with one attached hydrogen (secondary N) is 1. The molecular weight excluding hydrogens is 370 g/mol. The Hall–Kier alpha value is -3.26. The van der Waals surface area contributed by atoms with Crippen LogP contribution in [0, 0.1) is 6.92 Å². The molecule has 0 spiro atoms. The Morgan fingerprint density at radius 2 is 2.03 bits per heavy atom. The van der Waals surface area contributed by atoms with Crippen molar-refractivity contribution >= 4 is 22.7 Å². The maximum absolute atomic E-state index is 12.9. The second-order valence-electron chi connectivity index (χ2n) is 7.33. The number of morpholine rings is 1. The molecule has 1 aromatic carbocycles. The molecule has 1 fully saturated rings. The number of ether oxygens (including phenoxy) is 1. The number of carbonyl (C=O) groups is 2. The molecule has 8 nitrogen and oxygen atoms in total. The molecule has 0 bridgehead atoms. The molecular formula is C21H23N5O3. The predicted octanol–water partition coefficient (Wildman–Crippen LogP) is 2.18. The number of fused-ring (bicyclic) bond motifs is 1. The van der Waals surface area contributed by atoms with Crippen molar-refractivity contribution in [1.29, 1.82) is 0 Å². The van der Waals surface area contributed by atoms with E-state index in [-0.39, 0.29) is 11.8 Å². The molecule has 2 aromatic heterocycles. The van der Waals surface area contributed by atoms with Crippen molar-refractivity contribution < 1.29 is 14.3 Å². The number of rotatable bonds is 3. The number of H-pyrrole nitrogens is 1. The molecule has 29 heavy (non-hydrogen) atoms. The van der Waals surface area contributed by atoms with Crippen LogP contribution in [-0.4, -0.2) is 70.6 Å². The number of benzene rings is 1. The Kier molecular flexibility index (Phi) is 5.02. The highest BCUT2D eigenvalue weighted by Gasteiger charge is 2.29. The molecule has 1 unspecified atom stereocenters. The number of nitrogens with zero attached hydrogens (tertiary/aromatic N) is 4. The fourth-order valence-corrected chi connectivity index (χ4v) is 3.53. The normalized spacial score (nSPS) is 16.8. The molecule has 8 heteroatoms. The van der Waals surface area contributed by atoms with Crippen molar-refractivity contribution in [2.45, 2.75) is 13.0 Å². The lowest BCUT2D eigenvalue weighted by atomic mass is 10.0. The lowest BCUT2D eigenvalue weighted by molar-refractivity contribution is -0.0246. The second kappa shape index (κ2) is 7.63. The number of para-hydroxylation sites is 1. The third-order valence-corrected chi connectivity index (χ3v) is 5.12. The first-order chi connectivity index (χ1) is 14.0. The van der Waals surface area contributed by atoms with Crippen LogP contribution in [0.25, 0.3) is 10.9 Å². The largest absolute Gasteiger partial charge is 0.368 e. The second-order valence-corrected chi connectivity index (χ2v) is 7.33. The molecule has 0 radical (unpaired) electrons. The van der Waals surface area contributed by atoms with E-state index in [1.807, 2.05) is 31.2 Å². The summed E-state index contributed by atoms with van der Waals surface area (Å²) in [5.74, 6) is -0.183. The molecule has 0 saturated carbocycles. The van der Waals surface area contributed by atoms with Crippen molar-refractivity contribution in [3.63, 3.8) is 0 Å². The van der Waals surface area contributed by atoms with Crippen LogP contribution in [0.1, 0.15) is 38.2 Å². The summed E-state index contributed by atoms with van der Waals surface area (Å²) in [6.45, 7) is 3.09. The van der Waals surface area contributed by atoms with E-state index in [1.54, 1.807) is 36.2 Å². The summed E-state index contributed by atoms with van der Waals surface area (Å²) < 4.78 is 5.93. The fraction of sp³-hybridized carbons (Fsp3) is 0.333. The van der Waals surface area contributed by atoms with Crippen molar-refractivity contribution in [2.24, 2.45) is 0 Å². The number of aromatic nitrogens is 3. The predicted molar refractivity (Wildman–Crippen MR) is 108 cm³/mol. The molecule has 1 aliphatic heterocycles. The summed E-state index contributed by atoms with van der Waals surface area (Å²) in [6.07, 6.45) is 1.14. The van der Waals surface area contributed by atoms with Gasteiger partial charge < -0.3 is 14.5 Å². The molecule has 1 aliphatic rings. The van der Waals surface area contributed by atoms with Crippen molar-refractivity contribution in [2.75, 3.05) is 33.8 Å². The Bertz CT molecular complexity index is 1080. The lowest BCUT2D eigenvalue weighted by Crippen LogP contribution is -2.42. The molecule has 0 aliphatic carbocycles. The first kappa shape index (κ1) is 19.1. The van der Waals surface area contributed by atoms with E-state index in [9.17, 15) is 9.59 Å². The van der Waals surface area contributed by atoms with Gasteiger partial charge in [-0.3, -0.25) is 14.7 Å². The van der Waals surface area contributed by atoms with Crippen molar-refractivity contribution in [3.05, 3.63) is 59.0 Å². The summed E-state index contributed by atoms with van der Waals surface area (Å²) in [6, 6.07) is 9.34. The minimum absolute atomic E-state index is 0.0880. The van der Waals surface area contributed by atoms with Crippen LogP contribution in [-0.2, 0) is 4.74 Å². The number of aromatic amines is 1. The lowest BCUT2D eigenvalue weighted by Gasteiger charge is -2.33. The highest BCUT2D eigenvalue weighted by molar-refractivity contribution is 6.06. The highest BCUT2D eigenvalue weighted by atomic mass is 16.5. The number of hydrogen-bond donors (Lipinski definition) is 1. The average Bonchev–Trinajstić information content (AvgIpc) is 3.17. The van der Waals surface area contributed by atoms with E-state index in [2.05, 4.69) is 10.2 Å². The quantitative estimate of drug-likeness (QED) is 0.736. The van der Waals surface area contributed by atoms with Gasteiger partial charge in [0, 0.05) is 31.7 Å². The Morgan fingerprint density at radius 3 is 2.76 bits per heavy atom. The summed E-state index contributed by atoms with van der Waals surface area (Å²) in [5, 5.41) is 7.54. The van der Waals surface area contributed by atoms with Gasteiger partial charge in [0.2, 0.25) is 0 Å². The van der Waals surface area contributed by atoms with Gasteiger partial charge in [0.1, 0.15) is 6.10 Å². The molecule has 1 atom stereocenters. The van der Waals surface area contributed by atoms with Gasteiger partial charge in [-0.2, -0.15) is 5.10 Å². The van der Waals surface area contributed by atoms with E-state index in [0.717, 1.165) is 16.6 Å². The van der Waals surface area contributed by atoms with Gasteiger partial charge >= 0.3 is 0 Å². The molecule has 4 rings (SSSR count). The van der Waals surface area contributed by atoms with Crippen LogP contribution in [0.2, 0.25) is 0 Å². The minimum Gasteiger partial charge on any atom is -0.368 e. The van der Waals surface area contributed by atoms with Crippen LogP contribution >= 0.6 is 0 Å². The molecule has 3 heterocycles. The van der Waals surface area contributed by atoms with Gasteiger partial charge in [-0.25, -0.2) is 4.98 Å². The minimum atomic E-state index is -0.404. The number of pyridine rings is 1. The third-order valence-electron chi connectivity index (χ3n) is 5.12. The smallest absolute Gasteiger partial charge is 0.257 e. The fourth-order valence-electron chi connectivity index (χ4n) is 3.53. The number of amides is 2. The van der Waals surface area contributed by atoms with Crippen LogP contribution in [0.3, 0.4) is 0 Å². The number of carbonyl (C=O) groups excluding carboxylic acids is 2. The molecule has 150 valence electrons. The van der Waals surface area contributed by atoms with Gasteiger partial charge in [0.25, 0.3) is 11.8 Å². The maximum atomic E-state index is 12.9. The number of aryl methyl sites for hydroxylation is 1. The SMILES string of the molecule is Cc1[nH]ncc1C(=O)N1CCOC(c2cc(C(=O)N(C)C)c3ccccc3n2)C1. The molecule has 1 saturated heterocycles. The Balaban J connectivity index is 1.68. The first-order valence-corrected chi connectivity index (χ1v) is 9.48. The van der Waals surface area contributed by atoms with E-state index < -0.39 is 6.10 Å². The average molecular weight is 393 g/mol. The van der Waals surface area contributed by atoms with E-state index >= 15 is 0 Å². The summed E-state index contributed by atoms with van der Waals surface area (Å²) >= 11 is 0. The topological polar surface area (TPSA) is 91.4 Å². The monoisotopic (exact) mass is 393 g/mol. The standard InChI is InChI=1S/C21H23N5O3/c1-13-16(11-22-24-13)21(28)26-8-9-29-19(12-26)18-10-15(20(27)25(2)3)14-6-4-5-7-17(14)23-18/h4-7,10-11,19H,8-9,12H2,1-3H3,(H,22,24). The zero-order chi connectivity index (χ0) is 20.5. The van der Waals surface area contributed by atoms with Crippen LogP contribution in [0.15, 0.2) is 36.5 Å². The van der Waals surface area contributed by atoms with E-state index in [4.69, 9.17) is 9.72 Å². The summed E-state index contributed by atoms with van der Waals surface area (Å²) in [5.41, 5.74) is 3.25. The molecule has 3 aromatic rings. The van der Waals surface area contributed by atoms with Crippen molar-refractivity contribution in [3.8, 4) is 0 Å². The maximum Gasteiger partial charge on any atom is 0.257 e. The van der Waals surface area contributed by atoms with Crippen LogP contribution in [0.4, 0.5) is 0 Å². The van der Waals surface area contributed by atoms with Gasteiger partial charge in [-0.1, -0.05) is 18.2 Å². The molecule has 2 amide bonds. The summed E-state index contributed by atoms with van der Waals surface area (Å²) in [4.78, 5) is 33.6. The van der Waals surface area contributed by atoms with E-state index in [0.29, 0.717) is 36.5 Å². The van der Waals surface area contributed by atoms with Gasteiger partial charge in [0.05, 0.1) is 41.7 Å². The third kappa shape index (κ3) is 3.58. The van der Waals surface area contributed by atoms with Crippen molar-refractivity contribution in [1.82, 2.24) is 25.0 Å². The van der Waals surface area contributed by atoms with Crippen LogP contribution in [0.5, 0.6) is 0 Å². The Labute approximate surface area is 168 Å². The highest BCUT2D eigenvalue weighted by Crippen LogP contribution is 2.27. The van der Waals surface area contributed by atoms with Gasteiger partial charge in [0.15, 0.2) is 0 Å². The van der Waals surface area contributed by atoms with E-state index in [1.165, 1.54) is 0 Å². The summed E-state index contributed by atoms with van der Waals surface area (Å²) in [7, 11) is 3.45. The zero-order valence-electron chi connectivity index (χ0n) is 16.7. The number of hydrogen-bond acceptors (Lipinski definition) is 5. The molecule has 1 N–H and O–H groups in total. The van der Waals surface area contributed by atoms with Crippen LogP contribution < -0.4 is 0 Å². The Morgan fingerprint density at radius 1 is 1.24 bits per heavy atom. The zero-order valence-corrected chi connectivity index (χ0v) is 16.7. The first-order valence-electron chi connectivity index (χ1n) is 9.48.